The van der Waals surface area contributed by atoms with Gasteiger partial charge in [-0.1, -0.05) is 279 Å². The Morgan fingerprint density at radius 3 is 0.698 bits per heavy atom. The largest absolute Gasteiger partial charge is 0.508 e. The van der Waals surface area contributed by atoms with Gasteiger partial charge in [0.15, 0.2) is 0 Å². The number of hydrogen-bond donors (Lipinski definition) is 0. The molecule has 0 aliphatic carbocycles. The predicted octanol–water partition coefficient (Wildman–Crippen LogP) is 29.0. The standard InChI is InChI=1S/C97H164N2O7/c1-9-13-17-21-25-29-33-37-41-45-49-53-57-61-65-69-75-101-93-83-89(84-94(87-93)102-76-70-66-62-58-54-50-46-42-38-34-30-26-22-18-14-10-2)81-91(98(5)6)73-79-105-97(100)106-80-74-92(99(7)8)82-90-85-95(103-77-71-67-63-59-55-51-47-43-39-35-31-27-23-19-15-11-3)88-96(86-90)104-78-72-68-64-60-56-52-48-44-40-36-32-28-24-20-16-12-4/h25-32,37-44,83-88,91-92H,9-24,33-36,45-82H2,1-8H3/b29-25-,30-26-,31-27-,32-28-,41-37-,42-38-,43-39-,44-40-. The van der Waals surface area contributed by atoms with Crippen LogP contribution in [-0.2, 0) is 22.3 Å². The zero-order chi connectivity index (χ0) is 76.2. The number of nitrogens with zero attached hydrogens (tertiary/aromatic N) is 2. The molecule has 9 heteroatoms. The SMILES string of the molecule is CCCCC/C=C\C/C=C\CCCCCCCCOc1cc(CC(CCOC(=O)OCCC(Cc2cc(OCCCCCCCC/C=C\C/C=C\CCCCC)cc(OCCCCCCCC/C=C\C/C=C\CCCCC)c2)N(C)C)N(C)C)cc(OCCCCCCCC/C=C\C/C=C\CCCCC)c1. The van der Waals surface area contributed by atoms with Crippen molar-refractivity contribution in [2.75, 3.05) is 67.8 Å². The number of carbonyl (C=O) groups is 1. The van der Waals surface area contributed by atoms with E-state index in [-0.39, 0.29) is 25.3 Å². The van der Waals surface area contributed by atoms with Gasteiger partial charge in [0.25, 0.3) is 0 Å². The Morgan fingerprint density at radius 1 is 0.274 bits per heavy atom. The van der Waals surface area contributed by atoms with E-state index in [4.69, 9.17) is 28.4 Å². The van der Waals surface area contributed by atoms with Crippen LogP contribution in [0.4, 0.5) is 4.79 Å². The number of ether oxygens (including phenoxy) is 6. The maximum atomic E-state index is 13.3. The fourth-order valence-electron chi connectivity index (χ4n) is 13.2. The summed E-state index contributed by atoms with van der Waals surface area (Å²) in [5, 5.41) is 0. The molecule has 2 atom stereocenters. The van der Waals surface area contributed by atoms with Crippen molar-refractivity contribution < 1.29 is 33.2 Å². The zero-order valence-electron chi connectivity index (χ0n) is 70.1. The van der Waals surface area contributed by atoms with Crippen LogP contribution in [0, 0.1) is 0 Å². The molecule has 2 rings (SSSR count). The van der Waals surface area contributed by atoms with Crippen LogP contribution >= 0.6 is 0 Å². The van der Waals surface area contributed by atoms with Crippen molar-refractivity contribution in [2.24, 2.45) is 0 Å². The smallest absolute Gasteiger partial charge is 0.493 e. The molecule has 0 bridgehead atoms. The second kappa shape index (κ2) is 75.2. The first-order chi connectivity index (χ1) is 52.2. The van der Waals surface area contributed by atoms with Crippen LogP contribution < -0.4 is 18.9 Å². The van der Waals surface area contributed by atoms with Gasteiger partial charge in [-0.25, -0.2) is 4.79 Å². The summed E-state index contributed by atoms with van der Waals surface area (Å²) in [5.41, 5.74) is 2.32. The normalized spacial score (nSPS) is 12.8. The minimum absolute atomic E-state index is 0.124. The molecule has 0 spiro atoms. The quantitative estimate of drug-likeness (QED) is 0.0366. The predicted molar refractivity (Wildman–Crippen MR) is 461 cm³/mol. The van der Waals surface area contributed by atoms with Gasteiger partial charge in [0.05, 0.1) is 39.6 Å². The number of rotatable bonds is 76. The molecule has 0 radical (unpaired) electrons. The number of likely N-dealkylation sites (N-methyl/N-ethyl adjacent to an activating group) is 2. The lowest BCUT2D eigenvalue weighted by atomic mass is 10.0. The summed E-state index contributed by atoms with van der Waals surface area (Å²) in [6.45, 7) is 12.4. The lowest BCUT2D eigenvalue weighted by molar-refractivity contribution is 0.0445. The molecular formula is C97H164N2O7. The van der Waals surface area contributed by atoms with Crippen molar-refractivity contribution in [1.29, 1.82) is 0 Å². The first kappa shape index (κ1) is 96.8. The molecule has 604 valence electrons. The highest BCUT2D eigenvalue weighted by atomic mass is 16.7. The van der Waals surface area contributed by atoms with Crippen molar-refractivity contribution >= 4 is 6.16 Å². The van der Waals surface area contributed by atoms with Crippen molar-refractivity contribution in [3.63, 3.8) is 0 Å². The summed E-state index contributed by atoms with van der Waals surface area (Å²) in [4.78, 5) is 17.7. The fourth-order valence-corrected chi connectivity index (χ4v) is 13.2. The Bertz CT molecular complexity index is 2220. The van der Waals surface area contributed by atoms with Gasteiger partial charge >= 0.3 is 6.16 Å². The van der Waals surface area contributed by atoms with Gasteiger partial charge in [-0.15, -0.1) is 0 Å². The molecule has 2 aromatic rings. The van der Waals surface area contributed by atoms with E-state index in [0.717, 1.165) is 98.3 Å². The Balaban J connectivity index is 1.97. The van der Waals surface area contributed by atoms with Crippen LogP contribution in [0.25, 0.3) is 0 Å². The van der Waals surface area contributed by atoms with Gasteiger partial charge in [-0.05, 0) is 243 Å². The van der Waals surface area contributed by atoms with Crippen LogP contribution in [0.15, 0.2) is 134 Å². The Kier molecular flexibility index (Phi) is 68.7. The summed E-state index contributed by atoms with van der Waals surface area (Å²) < 4.78 is 37.6. The third-order valence-corrected chi connectivity index (χ3v) is 20.1. The maximum Gasteiger partial charge on any atom is 0.508 e. The third kappa shape index (κ3) is 62.6. The van der Waals surface area contributed by atoms with Crippen LogP contribution in [0.3, 0.4) is 0 Å². The van der Waals surface area contributed by atoms with Crippen LogP contribution in [0.5, 0.6) is 23.0 Å². The molecule has 0 N–H and O–H groups in total. The summed E-state index contributed by atoms with van der Waals surface area (Å²) in [7, 11) is 8.42. The fraction of sp³-hybridized carbons (Fsp3) is 0.701. The molecule has 0 heterocycles. The van der Waals surface area contributed by atoms with E-state index in [1.165, 1.54) is 257 Å². The van der Waals surface area contributed by atoms with Crippen molar-refractivity contribution in [2.45, 2.75) is 374 Å². The van der Waals surface area contributed by atoms with Gasteiger partial charge in [-0.3, -0.25) is 0 Å². The van der Waals surface area contributed by atoms with Gasteiger partial charge in [0, 0.05) is 24.2 Å². The topological polar surface area (TPSA) is 78.9 Å². The molecule has 2 aromatic carbocycles. The highest BCUT2D eigenvalue weighted by Crippen LogP contribution is 2.29. The summed E-state index contributed by atoms with van der Waals surface area (Å²) >= 11 is 0. The monoisotopic (exact) mass is 1470 g/mol. The second-order valence-corrected chi connectivity index (χ2v) is 30.5. The Morgan fingerprint density at radius 2 is 0.481 bits per heavy atom. The van der Waals surface area contributed by atoms with E-state index in [2.05, 4.69) is 199 Å². The number of benzene rings is 2. The molecule has 0 aromatic heterocycles. The number of hydrogen-bond acceptors (Lipinski definition) is 9. The molecule has 0 amide bonds. The van der Waals surface area contributed by atoms with Crippen molar-refractivity contribution in [1.82, 2.24) is 9.80 Å². The molecule has 0 fully saturated rings. The molecule has 0 saturated carbocycles. The van der Waals surface area contributed by atoms with E-state index in [1.54, 1.807) is 0 Å². The molecule has 0 aliphatic rings. The van der Waals surface area contributed by atoms with Gasteiger partial charge in [0.2, 0.25) is 0 Å². The first-order valence-corrected chi connectivity index (χ1v) is 44.3. The highest BCUT2D eigenvalue weighted by Gasteiger charge is 2.19. The Hall–Kier alpha value is -5.25. The molecule has 0 aliphatic heterocycles. The van der Waals surface area contributed by atoms with E-state index in [0.29, 0.717) is 39.3 Å². The Labute approximate surface area is 654 Å². The van der Waals surface area contributed by atoms with Crippen molar-refractivity contribution in [3.8, 4) is 23.0 Å². The maximum absolute atomic E-state index is 13.3. The summed E-state index contributed by atoms with van der Waals surface area (Å²) in [6.07, 6.45) is 98.3. The minimum Gasteiger partial charge on any atom is -0.493 e. The van der Waals surface area contributed by atoms with Gasteiger partial charge in [-0.2, -0.15) is 0 Å². The average Bonchev–Trinajstić information content (AvgIpc) is 0.865. The molecule has 2 unspecified atom stereocenters. The molecular weight excluding hydrogens is 1310 g/mol. The number of carbonyl (C=O) groups excluding carboxylic acids is 1. The van der Waals surface area contributed by atoms with E-state index in [1.807, 2.05) is 0 Å². The lowest BCUT2D eigenvalue weighted by Gasteiger charge is -2.25. The van der Waals surface area contributed by atoms with Gasteiger partial charge < -0.3 is 38.2 Å². The van der Waals surface area contributed by atoms with Crippen molar-refractivity contribution in [3.05, 3.63) is 145 Å². The molecule has 0 saturated heterocycles. The summed E-state index contributed by atoms with van der Waals surface area (Å²) in [5.74, 6) is 3.47. The van der Waals surface area contributed by atoms with Gasteiger partial charge in [0.1, 0.15) is 23.0 Å². The van der Waals surface area contributed by atoms with E-state index >= 15 is 0 Å². The van der Waals surface area contributed by atoms with E-state index in [9.17, 15) is 4.79 Å². The highest BCUT2D eigenvalue weighted by molar-refractivity contribution is 5.59. The third-order valence-electron chi connectivity index (χ3n) is 20.1. The van der Waals surface area contributed by atoms with E-state index < -0.39 is 6.16 Å². The summed E-state index contributed by atoms with van der Waals surface area (Å²) in [6, 6.07) is 13.2. The first-order valence-electron chi connectivity index (χ1n) is 44.3. The number of allylic oxidation sites excluding steroid dienone is 16. The molecule has 9 nitrogen and oxygen atoms in total. The minimum atomic E-state index is -0.617. The van der Waals surface area contributed by atoms with Crippen LogP contribution in [-0.4, -0.2) is 95.9 Å². The number of unbranched alkanes of at least 4 members (excludes halogenated alkanes) is 36. The van der Waals surface area contributed by atoms with Crippen LogP contribution in [0.2, 0.25) is 0 Å². The lowest BCUT2D eigenvalue weighted by Crippen LogP contribution is -2.32. The van der Waals surface area contributed by atoms with Crippen LogP contribution in [0.1, 0.15) is 360 Å². The molecule has 106 heavy (non-hydrogen) atoms. The second-order valence-electron chi connectivity index (χ2n) is 30.5. The zero-order valence-corrected chi connectivity index (χ0v) is 70.1. The average molecular weight is 1470 g/mol.